The first-order chi connectivity index (χ1) is 12.6. The topological polar surface area (TPSA) is 79.6 Å². The lowest BCUT2D eigenvalue weighted by Gasteiger charge is -2.35. The highest BCUT2D eigenvalue weighted by atomic mass is 16.5. The van der Waals surface area contributed by atoms with Crippen LogP contribution in [-0.2, 0) is 16.0 Å². The zero-order valence-corrected chi connectivity index (χ0v) is 16.1. The number of carbonyl (C=O) groups excluding carboxylic acids is 1. The van der Waals surface area contributed by atoms with Crippen molar-refractivity contribution < 1.29 is 14.1 Å². The third-order valence-corrected chi connectivity index (χ3v) is 5.46. The quantitative estimate of drug-likeness (QED) is 0.674. The molecule has 2 aliphatic rings. The maximum Gasteiger partial charge on any atom is 0.227 e. The highest BCUT2D eigenvalue weighted by Gasteiger charge is 2.40. The molecule has 0 bridgehead atoms. The molecule has 1 aromatic heterocycles. The fourth-order valence-corrected chi connectivity index (χ4v) is 3.88. The van der Waals surface area contributed by atoms with E-state index in [0.29, 0.717) is 32.0 Å². The summed E-state index contributed by atoms with van der Waals surface area (Å²) in [4.78, 5) is 15.1. The van der Waals surface area contributed by atoms with Gasteiger partial charge in [0.2, 0.25) is 5.91 Å². The number of amides is 1. The number of hydrogen-bond donors (Lipinski definition) is 2. The standard InChI is InChI=1S/C19H32N4O3/c1-23(2)9-4-8-21-18(24)19(6-3-7-20-14-19)12-16-11-17(22-26-16)15-5-10-25-13-15/h11,15,20H,3-10,12-14H2,1-2H3,(H,21,24)/t15-,19+/m1/s1. The summed E-state index contributed by atoms with van der Waals surface area (Å²) in [6.07, 6.45) is 4.42. The van der Waals surface area contributed by atoms with Crippen molar-refractivity contribution in [2.75, 3.05) is 53.5 Å². The van der Waals surface area contributed by atoms with Crippen LogP contribution in [0.5, 0.6) is 0 Å². The van der Waals surface area contributed by atoms with Crippen molar-refractivity contribution in [3.8, 4) is 0 Å². The van der Waals surface area contributed by atoms with E-state index >= 15 is 0 Å². The van der Waals surface area contributed by atoms with E-state index < -0.39 is 5.41 Å². The number of aromatic nitrogens is 1. The second kappa shape index (κ2) is 8.97. The lowest BCUT2D eigenvalue weighted by Crippen LogP contribution is -2.52. The molecule has 7 nitrogen and oxygen atoms in total. The highest BCUT2D eigenvalue weighted by molar-refractivity contribution is 5.83. The van der Waals surface area contributed by atoms with Gasteiger partial charge in [0.25, 0.3) is 0 Å². The molecule has 0 spiro atoms. The Morgan fingerprint density at radius 1 is 1.50 bits per heavy atom. The fourth-order valence-electron chi connectivity index (χ4n) is 3.88. The van der Waals surface area contributed by atoms with Gasteiger partial charge in [-0.3, -0.25) is 4.79 Å². The van der Waals surface area contributed by atoms with Crippen molar-refractivity contribution in [1.29, 1.82) is 0 Å². The Labute approximate surface area is 155 Å². The largest absolute Gasteiger partial charge is 0.381 e. The van der Waals surface area contributed by atoms with Gasteiger partial charge in [-0.15, -0.1) is 0 Å². The number of rotatable bonds is 8. The van der Waals surface area contributed by atoms with Gasteiger partial charge in [-0.2, -0.15) is 0 Å². The average molecular weight is 364 g/mol. The lowest BCUT2D eigenvalue weighted by molar-refractivity contribution is -0.132. The molecule has 26 heavy (non-hydrogen) atoms. The first kappa shape index (κ1) is 19.3. The minimum atomic E-state index is -0.445. The average Bonchev–Trinajstić information content (AvgIpc) is 3.30. The van der Waals surface area contributed by atoms with Gasteiger partial charge in [-0.05, 0) is 52.9 Å². The summed E-state index contributed by atoms with van der Waals surface area (Å²) in [7, 11) is 4.09. The maximum absolute atomic E-state index is 13.0. The van der Waals surface area contributed by atoms with Gasteiger partial charge in [0.05, 0.1) is 17.7 Å². The molecule has 2 atom stereocenters. The molecule has 0 aromatic carbocycles. The zero-order valence-electron chi connectivity index (χ0n) is 16.1. The van der Waals surface area contributed by atoms with E-state index in [2.05, 4.69) is 20.7 Å². The van der Waals surface area contributed by atoms with Gasteiger partial charge in [-0.25, -0.2) is 0 Å². The van der Waals surface area contributed by atoms with Crippen molar-refractivity contribution in [3.63, 3.8) is 0 Å². The second-order valence-corrected chi connectivity index (χ2v) is 7.93. The minimum Gasteiger partial charge on any atom is -0.381 e. The maximum atomic E-state index is 13.0. The highest BCUT2D eigenvalue weighted by Crippen LogP contribution is 2.33. The van der Waals surface area contributed by atoms with Crippen LogP contribution in [0.3, 0.4) is 0 Å². The summed E-state index contributed by atoms with van der Waals surface area (Å²) in [5.41, 5.74) is 0.516. The Morgan fingerprint density at radius 3 is 3.08 bits per heavy atom. The van der Waals surface area contributed by atoms with Gasteiger partial charge in [0, 0.05) is 38.1 Å². The minimum absolute atomic E-state index is 0.130. The summed E-state index contributed by atoms with van der Waals surface area (Å²) >= 11 is 0. The molecule has 1 amide bonds. The van der Waals surface area contributed by atoms with Crippen LogP contribution < -0.4 is 10.6 Å². The molecule has 146 valence electrons. The molecule has 0 radical (unpaired) electrons. The number of hydrogen-bond acceptors (Lipinski definition) is 6. The zero-order chi connectivity index (χ0) is 18.4. The summed E-state index contributed by atoms with van der Waals surface area (Å²) in [6, 6.07) is 2.02. The fraction of sp³-hybridized carbons (Fsp3) is 0.789. The molecular formula is C19H32N4O3. The first-order valence-corrected chi connectivity index (χ1v) is 9.76. The Morgan fingerprint density at radius 2 is 2.38 bits per heavy atom. The van der Waals surface area contributed by atoms with Gasteiger partial charge in [0.1, 0.15) is 5.76 Å². The van der Waals surface area contributed by atoms with Crippen molar-refractivity contribution in [2.24, 2.45) is 5.41 Å². The normalized spacial score (nSPS) is 26.3. The molecule has 0 unspecified atom stereocenters. The SMILES string of the molecule is CN(C)CCCNC(=O)[C@]1(Cc2cc([C@@H]3CCOC3)no2)CCCNC1. The molecule has 0 aliphatic carbocycles. The monoisotopic (exact) mass is 364 g/mol. The number of piperidine rings is 1. The lowest BCUT2D eigenvalue weighted by atomic mass is 9.76. The van der Waals surface area contributed by atoms with Gasteiger partial charge in [0.15, 0.2) is 0 Å². The molecule has 3 rings (SSSR count). The van der Waals surface area contributed by atoms with E-state index in [-0.39, 0.29) is 5.91 Å². The van der Waals surface area contributed by atoms with Crippen LogP contribution >= 0.6 is 0 Å². The third kappa shape index (κ3) is 4.84. The van der Waals surface area contributed by atoms with Crippen molar-refractivity contribution in [1.82, 2.24) is 20.7 Å². The third-order valence-electron chi connectivity index (χ3n) is 5.46. The van der Waals surface area contributed by atoms with Gasteiger partial charge < -0.3 is 24.8 Å². The molecule has 2 aliphatic heterocycles. The van der Waals surface area contributed by atoms with Crippen LogP contribution in [0, 0.1) is 5.41 Å². The summed E-state index contributed by atoms with van der Waals surface area (Å²) in [5, 5.41) is 10.8. The number of carbonyl (C=O) groups is 1. The second-order valence-electron chi connectivity index (χ2n) is 7.93. The summed E-state index contributed by atoms with van der Waals surface area (Å²) < 4.78 is 11.0. The van der Waals surface area contributed by atoms with E-state index in [0.717, 1.165) is 56.8 Å². The Hall–Kier alpha value is -1.44. The molecule has 2 saturated heterocycles. The first-order valence-electron chi connectivity index (χ1n) is 9.76. The Balaban J connectivity index is 1.62. The van der Waals surface area contributed by atoms with Crippen molar-refractivity contribution in [2.45, 2.75) is 38.0 Å². The van der Waals surface area contributed by atoms with Crippen LogP contribution in [0.2, 0.25) is 0 Å². The molecule has 7 heteroatoms. The molecule has 1 aromatic rings. The number of ether oxygens (including phenoxy) is 1. The van der Waals surface area contributed by atoms with Crippen LogP contribution in [0.15, 0.2) is 10.6 Å². The molecular weight excluding hydrogens is 332 g/mol. The molecule has 3 heterocycles. The van der Waals surface area contributed by atoms with Gasteiger partial charge in [-0.1, -0.05) is 5.16 Å². The smallest absolute Gasteiger partial charge is 0.227 e. The van der Waals surface area contributed by atoms with Crippen LogP contribution in [0.4, 0.5) is 0 Å². The number of nitrogens with zero attached hydrogens (tertiary/aromatic N) is 2. The predicted molar refractivity (Wildman–Crippen MR) is 99.1 cm³/mol. The molecule has 2 N–H and O–H groups in total. The van der Waals surface area contributed by atoms with Crippen molar-refractivity contribution in [3.05, 3.63) is 17.5 Å². The van der Waals surface area contributed by atoms with E-state index in [1.54, 1.807) is 0 Å². The predicted octanol–water partition coefficient (Wildman–Crippen LogP) is 1.16. The number of nitrogens with one attached hydrogen (secondary N) is 2. The molecule has 2 fully saturated rings. The van der Waals surface area contributed by atoms with Crippen molar-refractivity contribution >= 4 is 5.91 Å². The van der Waals surface area contributed by atoms with Crippen LogP contribution in [0.25, 0.3) is 0 Å². The van der Waals surface area contributed by atoms with E-state index in [1.807, 2.05) is 20.2 Å². The van der Waals surface area contributed by atoms with Crippen LogP contribution in [-0.4, -0.2) is 69.5 Å². The van der Waals surface area contributed by atoms with E-state index in [1.165, 1.54) is 0 Å². The summed E-state index contributed by atoms with van der Waals surface area (Å²) in [5.74, 6) is 1.26. The molecule has 0 saturated carbocycles. The van der Waals surface area contributed by atoms with E-state index in [4.69, 9.17) is 9.26 Å². The van der Waals surface area contributed by atoms with E-state index in [9.17, 15) is 4.79 Å². The Kier molecular flexibility index (Phi) is 6.67. The van der Waals surface area contributed by atoms with Crippen LogP contribution in [0.1, 0.15) is 43.1 Å². The van der Waals surface area contributed by atoms with Gasteiger partial charge >= 0.3 is 0 Å². The Bertz CT molecular complexity index is 575. The summed E-state index contributed by atoms with van der Waals surface area (Å²) in [6.45, 7) is 4.84.